The van der Waals surface area contributed by atoms with Crippen molar-refractivity contribution in [3.8, 4) is 0 Å². The monoisotopic (exact) mass is 297 g/mol. The molecule has 0 spiro atoms. The normalized spacial score (nSPS) is 18.9. The maximum absolute atomic E-state index is 11.9. The van der Waals surface area contributed by atoms with Crippen LogP contribution >= 0.6 is 11.3 Å². The maximum atomic E-state index is 11.9. The third kappa shape index (κ3) is 5.23. The fourth-order valence-electron chi connectivity index (χ4n) is 2.37. The Kier molecular flexibility index (Phi) is 6.01. The number of carbonyl (C=O) groups excluding carboxylic acids is 1. The van der Waals surface area contributed by atoms with Crippen LogP contribution in [0, 0.1) is 0 Å². The highest BCUT2D eigenvalue weighted by Crippen LogP contribution is 2.17. The summed E-state index contributed by atoms with van der Waals surface area (Å²) in [6, 6.07) is 4.14. The lowest BCUT2D eigenvalue weighted by Gasteiger charge is -2.24. The first-order valence-electron chi connectivity index (χ1n) is 7.19. The van der Waals surface area contributed by atoms with Crippen LogP contribution in [0.4, 0.5) is 0 Å². The van der Waals surface area contributed by atoms with E-state index in [2.05, 4.69) is 16.3 Å². The number of carbonyl (C=O) groups is 1. The number of thiophene rings is 1. The van der Waals surface area contributed by atoms with E-state index in [0.29, 0.717) is 6.54 Å². The Morgan fingerprint density at radius 3 is 3.05 bits per heavy atom. The van der Waals surface area contributed by atoms with E-state index in [1.165, 1.54) is 4.88 Å². The SMILES string of the molecule is CC(C)OC(=O)CN(Cc1cccs1)CC1CCCO1. The average molecular weight is 297 g/mol. The minimum absolute atomic E-state index is 0.0613. The first kappa shape index (κ1) is 15.5. The van der Waals surface area contributed by atoms with Gasteiger partial charge in [0.25, 0.3) is 0 Å². The molecule has 112 valence electrons. The first-order chi connectivity index (χ1) is 9.63. The van der Waals surface area contributed by atoms with E-state index in [4.69, 9.17) is 9.47 Å². The molecule has 1 saturated heterocycles. The van der Waals surface area contributed by atoms with Gasteiger partial charge >= 0.3 is 5.97 Å². The summed E-state index contributed by atoms with van der Waals surface area (Å²) in [7, 11) is 0. The zero-order chi connectivity index (χ0) is 14.4. The van der Waals surface area contributed by atoms with Crippen molar-refractivity contribution in [2.75, 3.05) is 19.7 Å². The molecule has 1 aromatic rings. The molecule has 5 heteroatoms. The van der Waals surface area contributed by atoms with Gasteiger partial charge in [-0.15, -0.1) is 11.3 Å². The second-order valence-electron chi connectivity index (χ2n) is 5.42. The van der Waals surface area contributed by atoms with Crippen molar-refractivity contribution in [3.05, 3.63) is 22.4 Å². The number of hydrogen-bond donors (Lipinski definition) is 0. The van der Waals surface area contributed by atoms with Crippen molar-refractivity contribution in [2.24, 2.45) is 0 Å². The van der Waals surface area contributed by atoms with E-state index < -0.39 is 0 Å². The molecule has 1 fully saturated rings. The third-order valence-corrected chi connectivity index (χ3v) is 4.03. The largest absolute Gasteiger partial charge is 0.462 e. The summed E-state index contributed by atoms with van der Waals surface area (Å²) < 4.78 is 10.9. The standard InChI is InChI=1S/C15H23NO3S/c1-12(2)19-15(17)11-16(9-13-5-3-7-18-13)10-14-6-4-8-20-14/h4,6,8,12-13H,3,5,7,9-11H2,1-2H3. The summed E-state index contributed by atoms with van der Waals surface area (Å²) in [6.07, 6.45) is 2.39. The minimum Gasteiger partial charge on any atom is -0.462 e. The molecule has 0 amide bonds. The summed E-state index contributed by atoms with van der Waals surface area (Å²) in [6.45, 7) is 6.50. The number of ether oxygens (including phenoxy) is 2. The predicted octanol–water partition coefficient (Wildman–Crippen LogP) is 2.68. The molecule has 1 unspecified atom stereocenters. The van der Waals surface area contributed by atoms with Gasteiger partial charge in [-0.2, -0.15) is 0 Å². The molecule has 0 N–H and O–H groups in total. The van der Waals surface area contributed by atoms with E-state index >= 15 is 0 Å². The highest BCUT2D eigenvalue weighted by Gasteiger charge is 2.22. The molecule has 2 rings (SSSR count). The number of hydrogen-bond acceptors (Lipinski definition) is 5. The zero-order valence-electron chi connectivity index (χ0n) is 12.2. The van der Waals surface area contributed by atoms with Crippen molar-refractivity contribution in [3.63, 3.8) is 0 Å². The smallest absolute Gasteiger partial charge is 0.320 e. The van der Waals surface area contributed by atoms with Crippen LogP contribution in [0.3, 0.4) is 0 Å². The summed E-state index contributed by atoms with van der Waals surface area (Å²) in [5.74, 6) is -0.158. The lowest BCUT2D eigenvalue weighted by molar-refractivity contribution is -0.149. The van der Waals surface area contributed by atoms with Gasteiger partial charge in [0.2, 0.25) is 0 Å². The van der Waals surface area contributed by atoms with Crippen molar-refractivity contribution >= 4 is 17.3 Å². The Labute approximate surface area is 124 Å². The molecular formula is C15H23NO3S. The van der Waals surface area contributed by atoms with Gasteiger partial charge in [-0.05, 0) is 38.1 Å². The molecule has 1 atom stereocenters. The molecule has 1 aromatic heterocycles. The highest BCUT2D eigenvalue weighted by atomic mass is 32.1. The Hall–Kier alpha value is -0.910. The second kappa shape index (κ2) is 7.76. The third-order valence-electron chi connectivity index (χ3n) is 3.17. The summed E-state index contributed by atoms with van der Waals surface area (Å²) >= 11 is 1.72. The average Bonchev–Trinajstić information content (AvgIpc) is 3.00. The molecule has 0 aliphatic carbocycles. The molecule has 0 radical (unpaired) electrons. The van der Waals surface area contributed by atoms with Crippen molar-refractivity contribution in [2.45, 2.75) is 45.4 Å². The Morgan fingerprint density at radius 2 is 2.45 bits per heavy atom. The number of esters is 1. The van der Waals surface area contributed by atoms with Crippen molar-refractivity contribution < 1.29 is 14.3 Å². The second-order valence-corrected chi connectivity index (χ2v) is 6.45. The molecule has 1 aliphatic heterocycles. The summed E-state index contributed by atoms with van der Waals surface area (Å²) in [5.41, 5.74) is 0. The van der Waals surface area contributed by atoms with Crippen LogP contribution in [0.1, 0.15) is 31.6 Å². The molecule has 2 heterocycles. The van der Waals surface area contributed by atoms with E-state index in [1.807, 2.05) is 19.9 Å². The quantitative estimate of drug-likeness (QED) is 0.725. The first-order valence-corrected chi connectivity index (χ1v) is 8.07. The molecule has 0 aromatic carbocycles. The molecule has 0 saturated carbocycles. The molecule has 0 bridgehead atoms. The van der Waals surface area contributed by atoms with Crippen LogP contribution in [-0.4, -0.2) is 42.8 Å². The molecule has 1 aliphatic rings. The lowest BCUT2D eigenvalue weighted by atomic mass is 10.2. The van der Waals surface area contributed by atoms with Crippen LogP contribution in [0.15, 0.2) is 17.5 Å². The summed E-state index contributed by atoms with van der Waals surface area (Å²) in [4.78, 5) is 15.3. The van der Waals surface area contributed by atoms with Gasteiger partial charge in [-0.1, -0.05) is 6.07 Å². The fourth-order valence-corrected chi connectivity index (χ4v) is 3.11. The van der Waals surface area contributed by atoms with E-state index in [1.54, 1.807) is 11.3 Å². The Bertz CT molecular complexity index is 399. The lowest BCUT2D eigenvalue weighted by Crippen LogP contribution is -2.36. The van der Waals surface area contributed by atoms with Gasteiger partial charge in [-0.25, -0.2) is 0 Å². The Balaban J connectivity index is 1.89. The van der Waals surface area contributed by atoms with E-state index in [0.717, 1.165) is 32.5 Å². The highest BCUT2D eigenvalue weighted by molar-refractivity contribution is 7.09. The van der Waals surface area contributed by atoms with Crippen LogP contribution in [0.25, 0.3) is 0 Å². The van der Waals surface area contributed by atoms with Gasteiger partial charge in [0, 0.05) is 24.6 Å². The van der Waals surface area contributed by atoms with Crippen molar-refractivity contribution in [1.82, 2.24) is 4.90 Å². The number of rotatable bonds is 7. The topological polar surface area (TPSA) is 38.8 Å². The van der Waals surface area contributed by atoms with Crippen LogP contribution < -0.4 is 0 Å². The van der Waals surface area contributed by atoms with Crippen LogP contribution in [0.5, 0.6) is 0 Å². The molecule has 20 heavy (non-hydrogen) atoms. The minimum atomic E-state index is -0.158. The van der Waals surface area contributed by atoms with Gasteiger partial charge in [-0.3, -0.25) is 9.69 Å². The molecule has 4 nitrogen and oxygen atoms in total. The van der Waals surface area contributed by atoms with Gasteiger partial charge in [0.05, 0.1) is 18.8 Å². The van der Waals surface area contributed by atoms with Crippen LogP contribution in [0.2, 0.25) is 0 Å². The number of nitrogens with zero attached hydrogens (tertiary/aromatic N) is 1. The fraction of sp³-hybridized carbons (Fsp3) is 0.667. The Morgan fingerprint density at radius 1 is 1.60 bits per heavy atom. The van der Waals surface area contributed by atoms with Gasteiger partial charge in [0.15, 0.2) is 0 Å². The van der Waals surface area contributed by atoms with E-state index in [9.17, 15) is 4.79 Å². The van der Waals surface area contributed by atoms with E-state index in [-0.39, 0.29) is 18.2 Å². The zero-order valence-corrected chi connectivity index (χ0v) is 13.0. The van der Waals surface area contributed by atoms with Crippen molar-refractivity contribution in [1.29, 1.82) is 0 Å². The predicted molar refractivity (Wildman–Crippen MR) is 79.8 cm³/mol. The van der Waals surface area contributed by atoms with Gasteiger partial charge < -0.3 is 9.47 Å². The van der Waals surface area contributed by atoms with Crippen LogP contribution in [-0.2, 0) is 20.8 Å². The summed E-state index contributed by atoms with van der Waals surface area (Å²) in [5, 5.41) is 2.06. The molecular weight excluding hydrogens is 274 g/mol. The van der Waals surface area contributed by atoms with Gasteiger partial charge in [0.1, 0.15) is 0 Å². The maximum Gasteiger partial charge on any atom is 0.320 e.